The highest BCUT2D eigenvalue weighted by molar-refractivity contribution is 5.42. The van der Waals surface area contributed by atoms with E-state index in [1.54, 1.807) is 20.4 Å². The molecule has 0 amide bonds. The molecular formula is C16H23N3O2. The number of hydrogen-bond donors (Lipinski definition) is 2. The van der Waals surface area contributed by atoms with Crippen LogP contribution in [0.1, 0.15) is 30.8 Å². The van der Waals surface area contributed by atoms with Crippen molar-refractivity contribution < 1.29 is 9.47 Å². The average Bonchev–Trinajstić information content (AvgIpc) is 3.04. The third kappa shape index (κ3) is 4.23. The molecule has 0 saturated carbocycles. The molecule has 1 heterocycles. The number of hydrogen-bond acceptors (Lipinski definition) is 4. The van der Waals surface area contributed by atoms with Crippen molar-refractivity contribution in [1.29, 1.82) is 0 Å². The maximum Gasteiger partial charge on any atom is 0.123 e. The third-order valence-electron chi connectivity index (χ3n) is 3.50. The molecule has 1 atom stereocenters. The van der Waals surface area contributed by atoms with Gasteiger partial charge in [0.15, 0.2) is 0 Å². The highest BCUT2D eigenvalue weighted by Crippen LogP contribution is 2.29. The zero-order chi connectivity index (χ0) is 15.1. The molecule has 0 aliphatic rings. The van der Waals surface area contributed by atoms with E-state index in [-0.39, 0.29) is 6.04 Å². The van der Waals surface area contributed by atoms with E-state index >= 15 is 0 Å². The van der Waals surface area contributed by atoms with Gasteiger partial charge in [0, 0.05) is 30.4 Å². The van der Waals surface area contributed by atoms with Crippen molar-refractivity contribution in [1.82, 2.24) is 15.3 Å². The highest BCUT2D eigenvalue weighted by atomic mass is 16.5. The number of benzene rings is 1. The van der Waals surface area contributed by atoms with E-state index in [1.165, 1.54) is 0 Å². The van der Waals surface area contributed by atoms with Crippen molar-refractivity contribution in [3.8, 4) is 11.5 Å². The van der Waals surface area contributed by atoms with Crippen molar-refractivity contribution in [2.45, 2.75) is 25.8 Å². The molecule has 5 nitrogen and oxygen atoms in total. The van der Waals surface area contributed by atoms with E-state index in [9.17, 15) is 0 Å². The summed E-state index contributed by atoms with van der Waals surface area (Å²) < 4.78 is 10.7. The van der Waals surface area contributed by atoms with Crippen molar-refractivity contribution in [2.75, 3.05) is 20.8 Å². The molecule has 5 heteroatoms. The minimum Gasteiger partial charge on any atom is -0.497 e. The highest BCUT2D eigenvalue weighted by Gasteiger charge is 2.12. The molecule has 0 aliphatic carbocycles. The monoisotopic (exact) mass is 289 g/mol. The first kappa shape index (κ1) is 15.4. The Bertz CT molecular complexity index is 540. The van der Waals surface area contributed by atoms with Gasteiger partial charge in [-0.25, -0.2) is 4.98 Å². The third-order valence-corrected chi connectivity index (χ3v) is 3.50. The predicted octanol–water partition coefficient (Wildman–Crippen LogP) is 2.71. The van der Waals surface area contributed by atoms with E-state index in [0.29, 0.717) is 0 Å². The van der Waals surface area contributed by atoms with Crippen molar-refractivity contribution in [2.24, 2.45) is 0 Å². The first-order valence-corrected chi connectivity index (χ1v) is 7.18. The number of nitrogens with one attached hydrogen (secondary N) is 2. The fraction of sp³-hybridized carbons (Fsp3) is 0.438. The summed E-state index contributed by atoms with van der Waals surface area (Å²) in [5.41, 5.74) is 1.11. The average molecular weight is 289 g/mol. The van der Waals surface area contributed by atoms with Crippen LogP contribution < -0.4 is 14.8 Å². The second kappa shape index (κ2) is 7.69. The van der Waals surface area contributed by atoms with Gasteiger partial charge in [-0.15, -0.1) is 0 Å². The Hall–Kier alpha value is -2.01. The van der Waals surface area contributed by atoms with E-state index in [4.69, 9.17) is 9.47 Å². The van der Waals surface area contributed by atoms with Crippen LogP contribution in [-0.4, -0.2) is 30.7 Å². The maximum absolute atomic E-state index is 5.42. The van der Waals surface area contributed by atoms with Crippen LogP contribution >= 0.6 is 0 Å². The Morgan fingerprint density at radius 3 is 2.81 bits per heavy atom. The summed E-state index contributed by atoms with van der Waals surface area (Å²) in [6.45, 7) is 3.05. The standard InChI is InChI=1S/C16H23N3O2/c1-12(17-8-4-5-16-18-9-10-19-16)14-11-13(20-2)6-7-15(14)21-3/h6-7,9-12,17H,4-5,8H2,1-3H3,(H,18,19). The van der Waals surface area contributed by atoms with Gasteiger partial charge in [0.1, 0.15) is 17.3 Å². The summed E-state index contributed by atoms with van der Waals surface area (Å²) in [4.78, 5) is 7.34. The summed E-state index contributed by atoms with van der Waals surface area (Å²) in [6, 6.07) is 6.07. The van der Waals surface area contributed by atoms with Crippen LogP contribution in [0.25, 0.3) is 0 Å². The number of nitrogens with zero attached hydrogens (tertiary/aromatic N) is 1. The van der Waals surface area contributed by atoms with Gasteiger partial charge in [-0.1, -0.05) is 0 Å². The largest absolute Gasteiger partial charge is 0.497 e. The minimum atomic E-state index is 0.201. The number of aromatic nitrogens is 2. The molecule has 0 saturated heterocycles. The molecule has 0 spiro atoms. The molecule has 1 unspecified atom stereocenters. The summed E-state index contributed by atoms with van der Waals surface area (Å²) in [7, 11) is 3.36. The Morgan fingerprint density at radius 1 is 1.29 bits per heavy atom. The quantitative estimate of drug-likeness (QED) is 0.734. The van der Waals surface area contributed by atoms with Gasteiger partial charge in [-0.3, -0.25) is 0 Å². The summed E-state index contributed by atoms with van der Waals surface area (Å²) in [5, 5.41) is 3.51. The van der Waals surface area contributed by atoms with Crippen LogP contribution in [0.15, 0.2) is 30.6 Å². The number of imidazole rings is 1. The molecule has 0 radical (unpaired) electrons. The molecule has 21 heavy (non-hydrogen) atoms. The lowest BCUT2D eigenvalue weighted by Gasteiger charge is -2.18. The zero-order valence-corrected chi connectivity index (χ0v) is 12.8. The second-order valence-electron chi connectivity index (χ2n) is 4.92. The lowest BCUT2D eigenvalue weighted by Crippen LogP contribution is -2.21. The number of rotatable bonds is 8. The first-order chi connectivity index (χ1) is 10.2. The predicted molar refractivity (Wildman–Crippen MR) is 82.9 cm³/mol. The lowest BCUT2D eigenvalue weighted by atomic mass is 10.1. The minimum absolute atomic E-state index is 0.201. The van der Waals surface area contributed by atoms with Crippen LogP contribution in [0.2, 0.25) is 0 Å². The SMILES string of the molecule is COc1ccc(OC)c(C(C)NCCCc2ncc[nH]2)c1. The van der Waals surface area contributed by atoms with Gasteiger partial charge in [-0.2, -0.15) is 0 Å². The van der Waals surface area contributed by atoms with Crippen LogP contribution in [-0.2, 0) is 6.42 Å². The number of ether oxygens (including phenoxy) is 2. The normalized spacial score (nSPS) is 12.1. The second-order valence-corrected chi connectivity index (χ2v) is 4.92. The molecule has 0 fully saturated rings. The van der Waals surface area contributed by atoms with E-state index in [0.717, 1.165) is 42.3 Å². The maximum atomic E-state index is 5.42. The lowest BCUT2D eigenvalue weighted by molar-refractivity contribution is 0.391. The number of H-pyrrole nitrogens is 1. The van der Waals surface area contributed by atoms with Crippen LogP contribution in [0, 0.1) is 0 Å². The number of aryl methyl sites for hydroxylation is 1. The Balaban J connectivity index is 1.88. The van der Waals surface area contributed by atoms with E-state index < -0.39 is 0 Å². The van der Waals surface area contributed by atoms with E-state index in [2.05, 4.69) is 22.2 Å². The molecular weight excluding hydrogens is 266 g/mol. The van der Waals surface area contributed by atoms with Gasteiger partial charge in [0.2, 0.25) is 0 Å². The van der Waals surface area contributed by atoms with Crippen molar-refractivity contribution in [3.05, 3.63) is 42.0 Å². The van der Waals surface area contributed by atoms with Gasteiger partial charge in [-0.05, 0) is 38.1 Å². The fourth-order valence-corrected chi connectivity index (χ4v) is 2.30. The fourth-order valence-electron chi connectivity index (χ4n) is 2.30. The number of aromatic amines is 1. The van der Waals surface area contributed by atoms with Crippen LogP contribution in [0.4, 0.5) is 0 Å². The van der Waals surface area contributed by atoms with E-state index in [1.807, 2.05) is 24.4 Å². The Morgan fingerprint density at radius 2 is 2.14 bits per heavy atom. The molecule has 0 aliphatic heterocycles. The summed E-state index contributed by atoms with van der Waals surface area (Å²) >= 11 is 0. The van der Waals surface area contributed by atoms with Crippen molar-refractivity contribution >= 4 is 0 Å². The van der Waals surface area contributed by atoms with Crippen LogP contribution in [0.5, 0.6) is 11.5 Å². The molecule has 2 rings (SSSR count). The molecule has 1 aromatic heterocycles. The van der Waals surface area contributed by atoms with Crippen LogP contribution in [0.3, 0.4) is 0 Å². The van der Waals surface area contributed by atoms with Crippen molar-refractivity contribution in [3.63, 3.8) is 0 Å². The summed E-state index contributed by atoms with van der Waals surface area (Å²) in [6.07, 6.45) is 5.62. The van der Waals surface area contributed by atoms with Gasteiger partial charge >= 0.3 is 0 Å². The Labute approximate surface area is 125 Å². The molecule has 114 valence electrons. The van der Waals surface area contributed by atoms with Gasteiger partial charge < -0.3 is 19.8 Å². The van der Waals surface area contributed by atoms with Gasteiger partial charge in [0.25, 0.3) is 0 Å². The topological polar surface area (TPSA) is 59.2 Å². The molecule has 2 N–H and O–H groups in total. The molecule has 2 aromatic rings. The molecule has 1 aromatic carbocycles. The Kier molecular flexibility index (Phi) is 5.63. The zero-order valence-electron chi connectivity index (χ0n) is 12.8. The van der Waals surface area contributed by atoms with Gasteiger partial charge in [0.05, 0.1) is 14.2 Å². The summed E-state index contributed by atoms with van der Waals surface area (Å²) in [5.74, 6) is 2.75. The smallest absolute Gasteiger partial charge is 0.123 e. The number of methoxy groups -OCH3 is 2. The molecule has 0 bridgehead atoms. The first-order valence-electron chi connectivity index (χ1n) is 7.18.